The molecule has 1 N–H and O–H groups in total. The molecule has 2 atom stereocenters. The topological polar surface area (TPSA) is 80.3 Å². The van der Waals surface area contributed by atoms with Gasteiger partial charge in [-0.25, -0.2) is 4.79 Å². The maximum atomic E-state index is 13.2. The third kappa shape index (κ3) is 6.59. The minimum Gasteiger partial charge on any atom is -0.497 e. The molecule has 1 aromatic rings. The van der Waals surface area contributed by atoms with E-state index in [-0.39, 0.29) is 11.9 Å². The highest BCUT2D eigenvalue weighted by Gasteiger charge is 2.35. The molecule has 2 heterocycles. The molecular weight excluding hydrogens is 410 g/mol. The van der Waals surface area contributed by atoms with Crippen LogP contribution in [0.2, 0.25) is 0 Å². The number of carbonyl (C=O) groups is 2. The first-order valence-corrected chi connectivity index (χ1v) is 11.5. The van der Waals surface area contributed by atoms with Gasteiger partial charge < -0.3 is 19.5 Å². The van der Waals surface area contributed by atoms with Crippen LogP contribution in [0.5, 0.6) is 5.75 Å². The summed E-state index contributed by atoms with van der Waals surface area (Å²) in [5.74, 6) is 0.677. The van der Waals surface area contributed by atoms with E-state index < -0.39 is 17.7 Å². The van der Waals surface area contributed by atoms with Crippen molar-refractivity contribution in [2.45, 2.75) is 57.7 Å². The lowest BCUT2D eigenvalue weighted by Crippen LogP contribution is -2.54. The van der Waals surface area contributed by atoms with Gasteiger partial charge in [0, 0.05) is 26.2 Å². The van der Waals surface area contributed by atoms with Gasteiger partial charge in [0.05, 0.1) is 26.4 Å². The van der Waals surface area contributed by atoms with Crippen LogP contribution in [0, 0.1) is 0 Å². The van der Waals surface area contributed by atoms with E-state index in [1.807, 2.05) is 45.0 Å². The largest absolute Gasteiger partial charge is 0.497 e. The molecule has 2 amide bonds. The Hall–Kier alpha value is -2.32. The lowest BCUT2D eigenvalue weighted by atomic mass is 10.0. The van der Waals surface area contributed by atoms with Gasteiger partial charge in [0.25, 0.3) is 0 Å². The molecule has 2 saturated heterocycles. The van der Waals surface area contributed by atoms with Gasteiger partial charge in [0.15, 0.2) is 0 Å². The summed E-state index contributed by atoms with van der Waals surface area (Å²) in [6.07, 6.45) is 2.03. The van der Waals surface area contributed by atoms with Gasteiger partial charge in [-0.1, -0.05) is 12.1 Å². The number of piperidine rings is 1. The molecule has 2 unspecified atom stereocenters. The maximum absolute atomic E-state index is 13.2. The summed E-state index contributed by atoms with van der Waals surface area (Å²) in [6, 6.07) is 7.48. The van der Waals surface area contributed by atoms with E-state index in [2.05, 4.69) is 10.2 Å². The molecule has 0 radical (unpaired) electrons. The van der Waals surface area contributed by atoms with Crippen LogP contribution < -0.4 is 10.1 Å². The number of hydrogen-bond donors (Lipinski definition) is 1. The molecule has 178 valence electrons. The number of hydrogen-bond acceptors (Lipinski definition) is 6. The van der Waals surface area contributed by atoms with Crippen LogP contribution in [0.15, 0.2) is 24.3 Å². The summed E-state index contributed by atoms with van der Waals surface area (Å²) in [6.45, 7) is 9.48. The van der Waals surface area contributed by atoms with Gasteiger partial charge in [-0.3, -0.25) is 14.6 Å². The lowest BCUT2D eigenvalue weighted by molar-refractivity contribution is -0.128. The number of benzene rings is 1. The van der Waals surface area contributed by atoms with E-state index >= 15 is 0 Å². The zero-order valence-electron chi connectivity index (χ0n) is 19.8. The summed E-state index contributed by atoms with van der Waals surface area (Å²) >= 11 is 0. The quantitative estimate of drug-likeness (QED) is 0.722. The molecule has 8 nitrogen and oxygen atoms in total. The maximum Gasteiger partial charge on any atom is 0.410 e. The molecule has 32 heavy (non-hydrogen) atoms. The van der Waals surface area contributed by atoms with E-state index in [9.17, 15) is 9.59 Å². The van der Waals surface area contributed by atoms with Crippen molar-refractivity contribution in [2.24, 2.45) is 0 Å². The van der Waals surface area contributed by atoms with Crippen molar-refractivity contribution in [2.75, 3.05) is 46.5 Å². The smallest absolute Gasteiger partial charge is 0.410 e. The third-order valence-corrected chi connectivity index (χ3v) is 5.89. The van der Waals surface area contributed by atoms with E-state index in [1.54, 1.807) is 12.0 Å². The Morgan fingerprint density at radius 2 is 1.81 bits per heavy atom. The number of methoxy groups -OCH3 is 1. The molecule has 0 aliphatic carbocycles. The number of likely N-dealkylation sites (tertiary alicyclic amines) is 1. The van der Waals surface area contributed by atoms with Crippen molar-refractivity contribution in [3.63, 3.8) is 0 Å². The standard InChI is InChI=1S/C24H37N3O5/c1-24(2,3)32-23(29)27-12-6-5-7-20(27)22(28)25-17-21(26-13-15-31-16-14-26)18-8-10-19(30-4)11-9-18/h8-11,20-21H,5-7,12-17H2,1-4H3,(H,25,28). The molecular formula is C24H37N3O5. The second kappa shape index (κ2) is 11.0. The van der Waals surface area contributed by atoms with Crippen molar-refractivity contribution >= 4 is 12.0 Å². The van der Waals surface area contributed by atoms with Gasteiger partial charge >= 0.3 is 6.09 Å². The Labute approximate surface area is 191 Å². The monoisotopic (exact) mass is 447 g/mol. The summed E-state index contributed by atoms with van der Waals surface area (Å²) in [5.41, 5.74) is 0.520. The molecule has 2 aliphatic rings. The molecule has 0 aromatic heterocycles. The van der Waals surface area contributed by atoms with Gasteiger partial charge in [0.2, 0.25) is 5.91 Å². The molecule has 3 rings (SSSR count). The minimum absolute atomic E-state index is 0.0207. The van der Waals surface area contributed by atoms with Crippen molar-refractivity contribution in [1.29, 1.82) is 0 Å². The number of morpholine rings is 1. The highest BCUT2D eigenvalue weighted by molar-refractivity contribution is 5.86. The highest BCUT2D eigenvalue weighted by atomic mass is 16.6. The van der Waals surface area contributed by atoms with Gasteiger partial charge in [0.1, 0.15) is 17.4 Å². The second-order valence-corrected chi connectivity index (χ2v) is 9.37. The fraction of sp³-hybridized carbons (Fsp3) is 0.667. The zero-order chi connectivity index (χ0) is 23.1. The van der Waals surface area contributed by atoms with Gasteiger partial charge in [-0.2, -0.15) is 0 Å². The van der Waals surface area contributed by atoms with Crippen molar-refractivity contribution in [1.82, 2.24) is 15.1 Å². The van der Waals surface area contributed by atoms with E-state index in [1.165, 1.54) is 0 Å². The first-order chi connectivity index (χ1) is 15.3. The Balaban J connectivity index is 1.69. The molecule has 2 aliphatic heterocycles. The summed E-state index contributed by atoms with van der Waals surface area (Å²) in [4.78, 5) is 29.8. The molecule has 0 spiro atoms. The number of rotatable bonds is 6. The first kappa shape index (κ1) is 24.3. The average Bonchev–Trinajstić information content (AvgIpc) is 2.79. The van der Waals surface area contributed by atoms with Crippen LogP contribution in [-0.4, -0.2) is 79.9 Å². The molecule has 0 saturated carbocycles. The van der Waals surface area contributed by atoms with Crippen LogP contribution in [0.4, 0.5) is 4.79 Å². The predicted octanol–water partition coefficient (Wildman–Crippen LogP) is 2.97. The number of carbonyl (C=O) groups excluding carboxylic acids is 2. The third-order valence-electron chi connectivity index (χ3n) is 5.89. The molecule has 2 fully saturated rings. The normalized spacial score (nSPS) is 21.0. The zero-order valence-corrected chi connectivity index (χ0v) is 19.8. The summed E-state index contributed by atoms with van der Waals surface area (Å²) in [7, 11) is 1.65. The van der Waals surface area contributed by atoms with E-state index in [0.29, 0.717) is 32.7 Å². The van der Waals surface area contributed by atoms with Crippen molar-refractivity contribution in [3.8, 4) is 5.75 Å². The number of amides is 2. The van der Waals surface area contributed by atoms with Crippen molar-refractivity contribution < 1.29 is 23.8 Å². The van der Waals surface area contributed by atoms with Crippen molar-refractivity contribution in [3.05, 3.63) is 29.8 Å². The van der Waals surface area contributed by atoms with Crippen LogP contribution in [0.3, 0.4) is 0 Å². The number of nitrogens with one attached hydrogen (secondary N) is 1. The van der Waals surface area contributed by atoms with Gasteiger partial charge in [-0.15, -0.1) is 0 Å². The lowest BCUT2D eigenvalue weighted by Gasteiger charge is -2.37. The SMILES string of the molecule is COc1ccc(C(CNC(=O)C2CCCCN2C(=O)OC(C)(C)C)N2CCOCC2)cc1. The predicted molar refractivity (Wildman–Crippen MR) is 122 cm³/mol. The summed E-state index contributed by atoms with van der Waals surface area (Å²) < 4.78 is 16.3. The highest BCUT2D eigenvalue weighted by Crippen LogP contribution is 2.25. The fourth-order valence-electron chi connectivity index (χ4n) is 4.23. The van der Waals surface area contributed by atoms with Crippen LogP contribution >= 0.6 is 0 Å². The number of nitrogens with zero attached hydrogens (tertiary/aromatic N) is 2. The van der Waals surface area contributed by atoms with Gasteiger partial charge in [-0.05, 0) is 57.7 Å². The van der Waals surface area contributed by atoms with Crippen LogP contribution in [-0.2, 0) is 14.3 Å². The molecule has 1 aromatic carbocycles. The summed E-state index contributed by atoms with van der Waals surface area (Å²) in [5, 5.41) is 3.12. The Morgan fingerprint density at radius 3 is 2.44 bits per heavy atom. The van der Waals surface area contributed by atoms with E-state index in [4.69, 9.17) is 14.2 Å². The Morgan fingerprint density at radius 1 is 1.12 bits per heavy atom. The number of ether oxygens (including phenoxy) is 3. The molecule has 8 heteroatoms. The fourth-order valence-corrected chi connectivity index (χ4v) is 4.23. The average molecular weight is 448 g/mol. The van der Waals surface area contributed by atoms with Crippen LogP contribution in [0.1, 0.15) is 51.6 Å². The minimum atomic E-state index is -0.592. The first-order valence-electron chi connectivity index (χ1n) is 11.5. The van der Waals surface area contributed by atoms with E-state index in [0.717, 1.165) is 37.2 Å². The molecule has 0 bridgehead atoms. The second-order valence-electron chi connectivity index (χ2n) is 9.37. The Kier molecular flexibility index (Phi) is 8.37. The Bertz CT molecular complexity index is 756. The van der Waals surface area contributed by atoms with Crippen LogP contribution in [0.25, 0.3) is 0 Å².